The van der Waals surface area contributed by atoms with E-state index in [1.165, 1.54) is 5.56 Å². The summed E-state index contributed by atoms with van der Waals surface area (Å²) in [4.78, 5) is 0. The van der Waals surface area contributed by atoms with Crippen molar-refractivity contribution in [2.45, 2.75) is 38.5 Å². The third-order valence-corrected chi connectivity index (χ3v) is 3.35. The first-order chi connectivity index (χ1) is 7.15. The lowest BCUT2D eigenvalue weighted by molar-refractivity contribution is 0.0619. The molecule has 3 heteroatoms. The van der Waals surface area contributed by atoms with Crippen molar-refractivity contribution < 1.29 is 5.11 Å². The molecule has 0 saturated heterocycles. The van der Waals surface area contributed by atoms with Gasteiger partial charge in [-0.05, 0) is 37.0 Å². The fourth-order valence-corrected chi connectivity index (χ4v) is 1.97. The molecule has 15 heavy (non-hydrogen) atoms. The van der Waals surface area contributed by atoms with E-state index in [1.54, 1.807) is 0 Å². The minimum Gasteiger partial charge on any atom is -0.393 e. The summed E-state index contributed by atoms with van der Waals surface area (Å²) in [5.41, 5.74) is 2.31. The Balaban J connectivity index is 1.86. The van der Waals surface area contributed by atoms with Crippen LogP contribution >= 0.6 is 11.6 Å². The van der Waals surface area contributed by atoms with Crippen molar-refractivity contribution in [1.29, 1.82) is 0 Å². The van der Waals surface area contributed by atoms with Gasteiger partial charge in [-0.15, -0.1) is 0 Å². The molecule has 0 heterocycles. The first kappa shape index (κ1) is 10.9. The second kappa shape index (κ2) is 4.52. The molecule has 2 nitrogen and oxygen atoms in total. The van der Waals surface area contributed by atoms with Crippen molar-refractivity contribution in [3.8, 4) is 0 Å². The molecule has 0 atom stereocenters. The normalized spacial score (nSPS) is 25.0. The summed E-state index contributed by atoms with van der Waals surface area (Å²) in [7, 11) is 0. The van der Waals surface area contributed by atoms with Gasteiger partial charge >= 0.3 is 0 Å². The van der Waals surface area contributed by atoms with Crippen molar-refractivity contribution in [1.82, 2.24) is 5.32 Å². The lowest BCUT2D eigenvalue weighted by atomic mass is 9.89. The summed E-state index contributed by atoms with van der Waals surface area (Å²) in [5.74, 6) is 0. The van der Waals surface area contributed by atoms with Crippen LogP contribution in [0.15, 0.2) is 18.2 Å². The molecule has 1 aliphatic carbocycles. The molecular formula is C12H16ClNO. The number of aryl methyl sites for hydroxylation is 1. The zero-order chi connectivity index (χ0) is 10.8. The van der Waals surface area contributed by atoms with Gasteiger partial charge in [0.2, 0.25) is 0 Å². The summed E-state index contributed by atoms with van der Waals surface area (Å²) < 4.78 is 0. The molecule has 2 N–H and O–H groups in total. The summed E-state index contributed by atoms with van der Waals surface area (Å²) >= 11 is 6.03. The molecule has 2 rings (SSSR count). The van der Waals surface area contributed by atoms with Crippen LogP contribution < -0.4 is 5.32 Å². The molecule has 1 aliphatic rings. The van der Waals surface area contributed by atoms with Crippen LogP contribution in [0.3, 0.4) is 0 Å². The smallest absolute Gasteiger partial charge is 0.0570 e. The summed E-state index contributed by atoms with van der Waals surface area (Å²) in [6.07, 6.45) is 1.66. The fourth-order valence-electron chi connectivity index (χ4n) is 1.76. The predicted octanol–water partition coefficient (Wildman–Crippen LogP) is 2.26. The molecule has 0 amide bonds. The number of benzene rings is 1. The number of aliphatic hydroxyl groups excluding tert-OH is 1. The minimum atomic E-state index is -0.0934. The highest BCUT2D eigenvalue weighted by molar-refractivity contribution is 6.31. The largest absolute Gasteiger partial charge is 0.393 e. The predicted molar refractivity (Wildman–Crippen MR) is 62.1 cm³/mol. The van der Waals surface area contributed by atoms with E-state index in [-0.39, 0.29) is 6.10 Å². The van der Waals surface area contributed by atoms with Crippen molar-refractivity contribution >= 4 is 11.6 Å². The van der Waals surface area contributed by atoms with E-state index < -0.39 is 0 Å². The zero-order valence-electron chi connectivity index (χ0n) is 8.83. The van der Waals surface area contributed by atoms with Gasteiger partial charge in [0.25, 0.3) is 0 Å². The first-order valence-electron chi connectivity index (χ1n) is 5.31. The van der Waals surface area contributed by atoms with Crippen molar-refractivity contribution in [2.24, 2.45) is 0 Å². The molecule has 0 aliphatic heterocycles. The molecule has 0 unspecified atom stereocenters. The lowest BCUT2D eigenvalue weighted by Gasteiger charge is -2.32. The van der Waals surface area contributed by atoms with Gasteiger partial charge in [-0.1, -0.05) is 23.7 Å². The maximum atomic E-state index is 9.13. The van der Waals surface area contributed by atoms with E-state index in [0.29, 0.717) is 6.04 Å². The average Bonchev–Trinajstić information content (AvgIpc) is 2.16. The van der Waals surface area contributed by atoms with Crippen LogP contribution in [-0.4, -0.2) is 17.3 Å². The van der Waals surface area contributed by atoms with Crippen LogP contribution in [0.5, 0.6) is 0 Å². The maximum Gasteiger partial charge on any atom is 0.0570 e. The monoisotopic (exact) mass is 225 g/mol. The zero-order valence-corrected chi connectivity index (χ0v) is 9.59. The van der Waals surface area contributed by atoms with Crippen LogP contribution in [0.4, 0.5) is 0 Å². The summed E-state index contributed by atoms with van der Waals surface area (Å²) in [5, 5.41) is 13.4. The van der Waals surface area contributed by atoms with Crippen molar-refractivity contribution in [3.63, 3.8) is 0 Å². The Morgan fingerprint density at radius 3 is 2.80 bits per heavy atom. The van der Waals surface area contributed by atoms with Gasteiger partial charge in [0.1, 0.15) is 0 Å². The molecule has 1 saturated carbocycles. The van der Waals surface area contributed by atoms with Gasteiger partial charge in [0.15, 0.2) is 0 Å². The Kier molecular flexibility index (Phi) is 3.29. The highest BCUT2D eigenvalue weighted by Crippen LogP contribution is 2.21. The van der Waals surface area contributed by atoms with E-state index in [0.717, 1.165) is 30.0 Å². The SMILES string of the molecule is Cc1ccc(CNC2CC(O)C2)cc1Cl. The van der Waals surface area contributed by atoms with E-state index in [4.69, 9.17) is 16.7 Å². The minimum absolute atomic E-state index is 0.0934. The van der Waals surface area contributed by atoms with Gasteiger partial charge < -0.3 is 10.4 Å². The van der Waals surface area contributed by atoms with Gasteiger partial charge in [-0.3, -0.25) is 0 Å². The first-order valence-corrected chi connectivity index (χ1v) is 5.69. The Morgan fingerprint density at radius 2 is 2.20 bits per heavy atom. The average molecular weight is 226 g/mol. The number of hydrogen-bond acceptors (Lipinski definition) is 2. The van der Waals surface area contributed by atoms with E-state index in [9.17, 15) is 0 Å². The molecule has 82 valence electrons. The number of rotatable bonds is 3. The third kappa shape index (κ3) is 2.71. The third-order valence-electron chi connectivity index (χ3n) is 2.94. The van der Waals surface area contributed by atoms with Gasteiger partial charge in [0, 0.05) is 17.6 Å². The molecule has 0 aromatic heterocycles. The van der Waals surface area contributed by atoms with E-state index in [2.05, 4.69) is 11.4 Å². The molecule has 1 aromatic carbocycles. The van der Waals surface area contributed by atoms with E-state index in [1.807, 2.05) is 19.1 Å². The number of halogens is 1. The van der Waals surface area contributed by atoms with Crippen LogP contribution in [-0.2, 0) is 6.54 Å². The summed E-state index contributed by atoms with van der Waals surface area (Å²) in [6, 6.07) is 6.59. The molecule has 1 aromatic rings. The molecule has 0 bridgehead atoms. The quantitative estimate of drug-likeness (QED) is 0.827. The highest BCUT2D eigenvalue weighted by Gasteiger charge is 2.26. The Morgan fingerprint density at radius 1 is 1.47 bits per heavy atom. The Bertz CT molecular complexity index is 347. The Hall–Kier alpha value is -0.570. The highest BCUT2D eigenvalue weighted by atomic mass is 35.5. The van der Waals surface area contributed by atoms with Gasteiger partial charge in [-0.25, -0.2) is 0 Å². The number of hydrogen-bond donors (Lipinski definition) is 2. The molecule has 1 fully saturated rings. The number of aliphatic hydroxyl groups is 1. The Labute approximate surface area is 95.3 Å². The van der Waals surface area contributed by atoms with Crippen LogP contribution in [0, 0.1) is 6.92 Å². The molecule has 0 spiro atoms. The number of nitrogens with one attached hydrogen (secondary N) is 1. The molecular weight excluding hydrogens is 210 g/mol. The van der Waals surface area contributed by atoms with E-state index >= 15 is 0 Å². The topological polar surface area (TPSA) is 32.3 Å². The lowest BCUT2D eigenvalue weighted by Crippen LogP contribution is -2.43. The second-order valence-electron chi connectivity index (χ2n) is 4.29. The summed E-state index contributed by atoms with van der Waals surface area (Å²) in [6.45, 7) is 2.83. The van der Waals surface area contributed by atoms with Crippen LogP contribution in [0.1, 0.15) is 24.0 Å². The molecule has 0 radical (unpaired) electrons. The van der Waals surface area contributed by atoms with Crippen molar-refractivity contribution in [3.05, 3.63) is 34.3 Å². The standard InChI is InChI=1S/C12H16ClNO/c1-8-2-3-9(4-12(8)13)7-14-10-5-11(15)6-10/h2-4,10-11,14-15H,5-7H2,1H3. The maximum absolute atomic E-state index is 9.13. The van der Waals surface area contributed by atoms with Crippen molar-refractivity contribution in [2.75, 3.05) is 0 Å². The van der Waals surface area contributed by atoms with Crippen LogP contribution in [0.2, 0.25) is 5.02 Å². The van der Waals surface area contributed by atoms with Crippen LogP contribution in [0.25, 0.3) is 0 Å². The van der Waals surface area contributed by atoms with Gasteiger partial charge in [0.05, 0.1) is 6.10 Å². The van der Waals surface area contributed by atoms with Gasteiger partial charge in [-0.2, -0.15) is 0 Å². The fraction of sp³-hybridized carbons (Fsp3) is 0.500. The second-order valence-corrected chi connectivity index (χ2v) is 4.69.